The zero-order chi connectivity index (χ0) is 7.56. The molecule has 0 fully saturated rings. The summed E-state index contributed by atoms with van der Waals surface area (Å²) in [5.74, 6) is 5.37. The summed E-state index contributed by atoms with van der Waals surface area (Å²) in [6.07, 6.45) is 1.46. The maximum absolute atomic E-state index is 6.90. The normalized spacial score (nSPS) is 9.30. The molecule has 0 aliphatic heterocycles. The molecule has 1 rings (SSSR count). The number of guanidine groups is 1. The second-order valence-electron chi connectivity index (χ2n) is 1.71. The minimum Gasteiger partial charge on any atom is -0.447 e. The van der Waals surface area contributed by atoms with Crippen molar-refractivity contribution in [1.29, 1.82) is 5.41 Å². The van der Waals surface area contributed by atoms with Crippen molar-refractivity contribution < 1.29 is 4.42 Å². The number of nitrogens with two attached hydrogens (primary N) is 2. The second-order valence-corrected chi connectivity index (χ2v) is 1.71. The summed E-state index contributed by atoms with van der Waals surface area (Å²) < 4.78 is 4.84. The Morgan fingerprint density at radius 2 is 2.40 bits per heavy atom. The molecule has 1 heterocycles. The van der Waals surface area contributed by atoms with Gasteiger partial charge in [0.25, 0.3) is 0 Å². The van der Waals surface area contributed by atoms with Gasteiger partial charge in [-0.2, -0.15) is 0 Å². The first-order valence-electron chi connectivity index (χ1n) is 2.64. The van der Waals surface area contributed by atoms with Crippen LogP contribution in [0.1, 0.15) is 0 Å². The van der Waals surface area contributed by atoms with E-state index in [0.717, 1.165) is 5.01 Å². The lowest BCUT2D eigenvalue weighted by atomic mass is 10.6. The van der Waals surface area contributed by atoms with Gasteiger partial charge >= 0.3 is 0 Å². The van der Waals surface area contributed by atoms with E-state index in [2.05, 4.69) is 0 Å². The molecule has 5 heteroatoms. The molecule has 5 N–H and O–H groups in total. The third-order valence-corrected chi connectivity index (χ3v) is 1.00. The SMILES string of the molecule is N=C(N)N(N)c1ccco1. The first kappa shape index (κ1) is 6.63. The largest absolute Gasteiger partial charge is 0.447 e. The van der Waals surface area contributed by atoms with Gasteiger partial charge in [0.2, 0.25) is 11.8 Å². The van der Waals surface area contributed by atoms with E-state index in [1.165, 1.54) is 6.26 Å². The first-order valence-corrected chi connectivity index (χ1v) is 2.64. The lowest BCUT2D eigenvalue weighted by molar-refractivity contribution is 0.566. The van der Waals surface area contributed by atoms with E-state index in [4.69, 9.17) is 21.4 Å². The van der Waals surface area contributed by atoms with Crippen LogP contribution in [0.4, 0.5) is 5.88 Å². The molecule has 1 aromatic rings. The molecule has 1 aromatic heterocycles. The van der Waals surface area contributed by atoms with E-state index < -0.39 is 0 Å². The number of rotatable bonds is 1. The van der Waals surface area contributed by atoms with Crippen LogP contribution in [-0.4, -0.2) is 5.96 Å². The summed E-state index contributed by atoms with van der Waals surface area (Å²) in [5, 5.41) is 7.84. The standard InChI is InChI=1S/C5H8N4O/c6-5(7)9(8)4-2-1-3-10-4/h1-3H,8H2,(H3,6,7). The summed E-state index contributed by atoms with van der Waals surface area (Å²) >= 11 is 0. The van der Waals surface area contributed by atoms with Gasteiger partial charge in [-0.25, -0.2) is 10.9 Å². The molecule has 0 radical (unpaired) electrons. The van der Waals surface area contributed by atoms with Crippen LogP contribution in [0, 0.1) is 5.41 Å². The van der Waals surface area contributed by atoms with Crippen LogP contribution in [0.15, 0.2) is 22.8 Å². The monoisotopic (exact) mass is 140 g/mol. The Hall–Kier alpha value is -1.49. The molecule has 0 aliphatic rings. The fourth-order valence-electron chi connectivity index (χ4n) is 0.526. The van der Waals surface area contributed by atoms with Crippen LogP contribution in [0.25, 0.3) is 0 Å². The summed E-state index contributed by atoms with van der Waals surface area (Å²) in [7, 11) is 0. The molecular formula is C5H8N4O. The van der Waals surface area contributed by atoms with Crippen LogP contribution >= 0.6 is 0 Å². The molecule has 0 spiro atoms. The summed E-state index contributed by atoms with van der Waals surface area (Å²) in [6, 6.07) is 3.28. The summed E-state index contributed by atoms with van der Waals surface area (Å²) in [5.41, 5.74) is 5.05. The molecular weight excluding hydrogens is 132 g/mol. The maximum Gasteiger partial charge on any atom is 0.216 e. The van der Waals surface area contributed by atoms with Gasteiger partial charge in [-0.05, 0) is 6.07 Å². The van der Waals surface area contributed by atoms with Gasteiger partial charge in [-0.3, -0.25) is 5.41 Å². The summed E-state index contributed by atoms with van der Waals surface area (Å²) in [6.45, 7) is 0. The highest BCUT2D eigenvalue weighted by atomic mass is 16.3. The van der Waals surface area contributed by atoms with Gasteiger partial charge in [0.05, 0.1) is 6.26 Å². The van der Waals surface area contributed by atoms with Gasteiger partial charge in [0, 0.05) is 6.07 Å². The van der Waals surface area contributed by atoms with E-state index in [9.17, 15) is 0 Å². The van der Waals surface area contributed by atoms with E-state index in [1.807, 2.05) is 0 Å². The lowest BCUT2D eigenvalue weighted by Crippen LogP contribution is -2.41. The number of furan rings is 1. The van der Waals surface area contributed by atoms with E-state index >= 15 is 0 Å². The fourth-order valence-corrected chi connectivity index (χ4v) is 0.526. The predicted molar refractivity (Wildman–Crippen MR) is 37.3 cm³/mol. The highest BCUT2D eigenvalue weighted by molar-refractivity contribution is 5.89. The van der Waals surface area contributed by atoms with Gasteiger partial charge in [-0.15, -0.1) is 0 Å². The van der Waals surface area contributed by atoms with Gasteiger partial charge in [0.1, 0.15) is 0 Å². The van der Waals surface area contributed by atoms with Crippen molar-refractivity contribution in [2.75, 3.05) is 5.01 Å². The average molecular weight is 140 g/mol. The number of anilines is 1. The van der Waals surface area contributed by atoms with Gasteiger partial charge < -0.3 is 10.2 Å². The van der Waals surface area contributed by atoms with Crippen molar-refractivity contribution in [2.45, 2.75) is 0 Å². The highest BCUT2D eigenvalue weighted by Gasteiger charge is 2.04. The van der Waals surface area contributed by atoms with Crippen molar-refractivity contribution in [3.05, 3.63) is 18.4 Å². The molecule has 5 nitrogen and oxygen atoms in total. The Bertz CT molecular complexity index is 218. The van der Waals surface area contributed by atoms with Gasteiger partial charge in [0.15, 0.2) is 0 Å². The molecule has 0 saturated carbocycles. The van der Waals surface area contributed by atoms with E-state index in [1.54, 1.807) is 12.1 Å². The Morgan fingerprint density at radius 3 is 2.80 bits per heavy atom. The smallest absolute Gasteiger partial charge is 0.216 e. The molecule has 10 heavy (non-hydrogen) atoms. The second kappa shape index (κ2) is 2.40. The molecule has 0 atom stereocenters. The first-order chi connectivity index (χ1) is 4.72. The van der Waals surface area contributed by atoms with Crippen LogP contribution in [0.5, 0.6) is 0 Å². The molecule has 0 aromatic carbocycles. The molecule has 0 amide bonds. The third-order valence-electron chi connectivity index (χ3n) is 1.00. The molecule has 0 unspecified atom stereocenters. The lowest BCUT2D eigenvalue weighted by Gasteiger charge is -2.10. The molecule has 0 saturated heterocycles. The quantitative estimate of drug-likeness (QED) is 0.219. The number of hydrogen-bond donors (Lipinski definition) is 3. The fraction of sp³-hybridized carbons (Fsp3) is 0. The van der Waals surface area contributed by atoms with Gasteiger partial charge in [-0.1, -0.05) is 0 Å². The molecule has 54 valence electrons. The number of hydrazine groups is 1. The third kappa shape index (κ3) is 1.08. The minimum absolute atomic E-state index is 0.255. The minimum atomic E-state index is -0.255. The van der Waals surface area contributed by atoms with Crippen molar-refractivity contribution in [1.82, 2.24) is 0 Å². The Labute approximate surface area is 57.7 Å². The topological polar surface area (TPSA) is 92.3 Å². The number of nitrogens with one attached hydrogen (secondary N) is 1. The van der Waals surface area contributed by atoms with Crippen molar-refractivity contribution >= 4 is 11.8 Å². The van der Waals surface area contributed by atoms with Crippen LogP contribution in [0.3, 0.4) is 0 Å². The molecule has 0 bridgehead atoms. The van der Waals surface area contributed by atoms with E-state index in [0.29, 0.717) is 5.88 Å². The zero-order valence-electron chi connectivity index (χ0n) is 5.24. The van der Waals surface area contributed by atoms with Crippen LogP contribution in [-0.2, 0) is 0 Å². The molecule has 0 aliphatic carbocycles. The van der Waals surface area contributed by atoms with Crippen molar-refractivity contribution in [3.8, 4) is 0 Å². The van der Waals surface area contributed by atoms with Crippen LogP contribution in [0.2, 0.25) is 0 Å². The van der Waals surface area contributed by atoms with E-state index in [-0.39, 0.29) is 5.96 Å². The van der Waals surface area contributed by atoms with Crippen LogP contribution < -0.4 is 16.6 Å². The van der Waals surface area contributed by atoms with Crippen molar-refractivity contribution in [3.63, 3.8) is 0 Å². The van der Waals surface area contributed by atoms with Crippen molar-refractivity contribution in [2.24, 2.45) is 11.6 Å². The Balaban J connectivity index is 2.77. The number of hydrogen-bond acceptors (Lipinski definition) is 3. The zero-order valence-corrected chi connectivity index (χ0v) is 5.24. The Kier molecular flexibility index (Phi) is 1.59. The average Bonchev–Trinajstić information content (AvgIpc) is 2.36. The highest BCUT2D eigenvalue weighted by Crippen LogP contribution is 2.08. The number of nitrogens with zero attached hydrogens (tertiary/aromatic N) is 1. The maximum atomic E-state index is 6.90. The predicted octanol–water partition coefficient (Wildman–Crippen LogP) is -0.147. The Morgan fingerprint density at radius 1 is 1.70 bits per heavy atom. The summed E-state index contributed by atoms with van der Waals surface area (Å²) in [4.78, 5) is 0.